The Morgan fingerprint density at radius 1 is 1.25 bits per heavy atom. The van der Waals surface area contributed by atoms with Gasteiger partial charge in [-0.15, -0.1) is 11.3 Å². The molecule has 0 saturated carbocycles. The van der Waals surface area contributed by atoms with Crippen molar-refractivity contribution in [1.82, 2.24) is 9.88 Å². The van der Waals surface area contributed by atoms with E-state index >= 15 is 0 Å². The van der Waals surface area contributed by atoms with E-state index in [1.807, 2.05) is 36.6 Å². The van der Waals surface area contributed by atoms with Crippen LogP contribution in [0.1, 0.15) is 28.2 Å². The number of nitrogens with one attached hydrogen (secondary N) is 1. The van der Waals surface area contributed by atoms with E-state index in [0.29, 0.717) is 18.7 Å². The highest BCUT2D eigenvalue weighted by molar-refractivity contribution is 7.09. The molecule has 0 unspecified atom stereocenters. The van der Waals surface area contributed by atoms with E-state index in [2.05, 4.69) is 10.3 Å². The highest BCUT2D eigenvalue weighted by Crippen LogP contribution is 2.24. The first kappa shape index (κ1) is 18.4. The molecule has 0 radical (unpaired) electrons. The molecule has 0 aliphatic carbocycles. The lowest BCUT2D eigenvalue weighted by molar-refractivity contribution is -0.121. The zero-order valence-electron chi connectivity index (χ0n) is 15.6. The summed E-state index contributed by atoms with van der Waals surface area (Å²) in [5.41, 5.74) is 3.24. The molecule has 2 amide bonds. The Balaban J connectivity index is 1.38. The number of carbonyl (C=O) groups is 2. The van der Waals surface area contributed by atoms with Crippen molar-refractivity contribution in [2.45, 2.75) is 19.8 Å². The van der Waals surface area contributed by atoms with E-state index in [1.165, 1.54) is 12.5 Å². The van der Waals surface area contributed by atoms with Crippen molar-refractivity contribution in [2.24, 2.45) is 5.92 Å². The molecule has 3 aromatic rings. The molecule has 6 nitrogen and oxygen atoms in total. The first-order chi connectivity index (χ1) is 13.6. The zero-order chi connectivity index (χ0) is 19.5. The normalized spacial score (nSPS) is 16.8. The van der Waals surface area contributed by atoms with Gasteiger partial charge in [0.25, 0.3) is 5.91 Å². The van der Waals surface area contributed by atoms with Crippen LogP contribution in [-0.4, -0.2) is 34.8 Å². The summed E-state index contributed by atoms with van der Waals surface area (Å²) < 4.78 is 4.99. The molecule has 1 N–H and O–H groups in total. The smallest absolute Gasteiger partial charge is 0.257 e. The van der Waals surface area contributed by atoms with Gasteiger partial charge in [0, 0.05) is 29.7 Å². The number of furan rings is 1. The van der Waals surface area contributed by atoms with Gasteiger partial charge in [-0.25, -0.2) is 4.98 Å². The number of benzene rings is 1. The van der Waals surface area contributed by atoms with E-state index in [4.69, 9.17) is 4.42 Å². The van der Waals surface area contributed by atoms with E-state index in [0.717, 1.165) is 34.8 Å². The highest BCUT2D eigenvalue weighted by Gasteiger charge is 2.29. The van der Waals surface area contributed by atoms with Crippen molar-refractivity contribution in [2.75, 3.05) is 18.4 Å². The molecular formula is C21H21N3O3S. The maximum Gasteiger partial charge on any atom is 0.257 e. The Bertz CT molecular complexity index is 963. The number of thiazole rings is 1. The Morgan fingerprint density at radius 2 is 2.07 bits per heavy atom. The van der Waals surface area contributed by atoms with E-state index in [9.17, 15) is 9.59 Å². The summed E-state index contributed by atoms with van der Waals surface area (Å²) >= 11 is 1.62. The second-order valence-electron chi connectivity index (χ2n) is 6.92. The number of hydrogen-bond donors (Lipinski definition) is 1. The molecule has 0 spiro atoms. The van der Waals surface area contributed by atoms with Crippen molar-refractivity contribution < 1.29 is 14.0 Å². The van der Waals surface area contributed by atoms with Crippen molar-refractivity contribution in [1.29, 1.82) is 0 Å². The lowest BCUT2D eigenvalue weighted by atomic mass is 9.96. The second-order valence-corrected chi connectivity index (χ2v) is 7.98. The molecule has 1 atom stereocenters. The van der Waals surface area contributed by atoms with Crippen LogP contribution in [0.5, 0.6) is 0 Å². The number of rotatable bonds is 4. The van der Waals surface area contributed by atoms with Gasteiger partial charge in [-0.1, -0.05) is 12.1 Å². The van der Waals surface area contributed by atoms with Crippen LogP contribution in [0.3, 0.4) is 0 Å². The Labute approximate surface area is 167 Å². The maximum atomic E-state index is 12.7. The Morgan fingerprint density at radius 3 is 2.75 bits per heavy atom. The first-order valence-corrected chi connectivity index (χ1v) is 10.1. The van der Waals surface area contributed by atoms with E-state index in [1.54, 1.807) is 22.3 Å². The fourth-order valence-electron chi connectivity index (χ4n) is 3.41. The summed E-state index contributed by atoms with van der Waals surface area (Å²) in [7, 11) is 0. The largest absolute Gasteiger partial charge is 0.472 e. The second kappa shape index (κ2) is 7.98. The predicted octanol–water partition coefficient (Wildman–Crippen LogP) is 4.20. The van der Waals surface area contributed by atoms with Crippen LogP contribution in [0.4, 0.5) is 5.69 Å². The molecule has 1 aliphatic heterocycles. The van der Waals surface area contributed by atoms with Gasteiger partial charge in [0.05, 0.1) is 28.4 Å². The highest BCUT2D eigenvalue weighted by atomic mass is 32.1. The summed E-state index contributed by atoms with van der Waals surface area (Å²) in [6.07, 6.45) is 4.51. The van der Waals surface area contributed by atoms with Crippen LogP contribution in [0, 0.1) is 12.8 Å². The first-order valence-electron chi connectivity index (χ1n) is 9.25. The topological polar surface area (TPSA) is 75.4 Å². The summed E-state index contributed by atoms with van der Waals surface area (Å²) in [5, 5.41) is 6.03. The maximum absolute atomic E-state index is 12.7. The number of nitrogens with zero attached hydrogens (tertiary/aromatic N) is 2. The summed E-state index contributed by atoms with van der Waals surface area (Å²) in [6, 6.07) is 9.34. The summed E-state index contributed by atoms with van der Waals surface area (Å²) in [5.74, 6) is -0.360. The van der Waals surface area contributed by atoms with Crippen molar-refractivity contribution in [3.05, 3.63) is 58.8 Å². The van der Waals surface area contributed by atoms with Crippen molar-refractivity contribution in [3.8, 4) is 11.3 Å². The molecule has 3 heterocycles. The fraction of sp³-hybridized carbons (Fsp3) is 0.286. The third-order valence-electron chi connectivity index (χ3n) is 4.91. The van der Waals surface area contributed by atoms with Gasteiger partial charge >= 0.3 is 0 Å². The number of anilines is 1. The van der Waals surface area contributed by atoms with E-state index in [-0.39, 0.29) is 17.7 Å². The van der Waals surface area contributed by atoms with Crippen LogP contribution in [0.15, 0.2) is 52.7 Å². The van der Waals surface area contributed by atoms with Gasteiger partial charge in [-0.2, -0.15) is 0 Å². The van der Waals surface area contributed by atoms with Crippen molar-refractivity contribution in [3.63, 3.8) is 0 Å². The average molecular weight is 395 g/mol. The van der Waals surface area contributed by atoms with Crippen LogP contribution >= 0.6 is 11.3 Å². The number of carbonyl (C=O) groups excluding carboxylic acids is 2. The minimum atomic E-state index is -0.217. The summed E-state index contributed by atoms with van der Waals surface area (Å²) in [4.78, 5) is 31.4. The predicted molar refractivity (Wildman–Crippen MR) is 108 cm³/mol. The minimum Gasteiger partial charge on any atom is -0.472 e. The zero-order valence-corrected chi connectivity index (χ0v) is 16.4. The molecule has 28 heavy (non-hydrogen) atoms. The molecule has 1 fully saturated rings. The Hall–Kier alpha value is -2.93. The lowest BCUT2D eigenvalue weighted by Gasteiger charge is -2.31. The van der Waals surface area contributed by atoms with Gasteiger partial charge in [0.2, 0.25) is 5.91 Å². The molecular weight excluding hydrogens is 374 g/mol. The van der Waals surface area contributed by atoms with Gasteiger partial charge in [0.1, 0.15) is 6.26 Å². The third kappa shape index (κ3) is 3.99. The average Bonchev–Trinajstić information content (AvgIpc) is 3.40. The Kier molecular flexibility index (Phi) is 5.25. The van der Waals surface area contributed by atoms with Gasteiger partial charge in [0.15, 0.2) is 0 Å². The molecule has 0 bridgehead atoms. The van der Waals surface area contributed by atoms with Crippen LogP contribution in [-0.2, 0) is 4.79 Å². The number of aromatic nitrogens is 1. The van der Waals surface area contributed by atoms with Gasteiger partial charge < -0.3 is 14.6 Å². The van der Waals surface area contributed by atoms with Crippen molar-refractivity contribution >= 4 is 28.8 Å². The van der Waals surface area contributed by atoms with Crippen LogP contribution < -0.4 is 5.32 Å². The minimum absolute atomic E-state index is 0.0538. The van der Waals surface area contributed by atoms with E-state index < -0.39 is 0 Å². The molecule has 1 aromatic carbocycles. The van der Waals surface area contributed by atoms with Crippen LogP contribution in [0.2, 0.25) is 0 Å². The number of aryl methyl sites for hydroxylation is 1. The third-order valence-corrected chi connectivity index (χ3v) is 5.69. The molecule has 1 aliphatic rings. The number of piperidine rings is 1. The quantitative estimate of drug-likeness (QED) is 0.718. The number of likely N-dealkylation sites (tertiary alicyclic amines) is 1. The molecule has 1 saturated heterocycles. The lowest BCUT2D eigenvalue weighted by Crippen LogP contribution is -2.43. The number of hydrogen-bond acceptors (Lipinski definition) is 5. The van der Waals surface area contributed by atoms with Crippen LogP contribution in [0.25, 0.3) is 11.3 Å². The van der Waals surface area contributed by atoms with Gasteiger partial charge in [-0.3, -0.25) is 9.59 Å². The summed E-state index contributed by atoms with van der Waals surface area (Å²) in [6.45, 7) is 3.06. The molecule has 7 heteroatoms. The fourth-order valence-corrected chi connectivity index (χ4v) is 4.03. The monoisotopic (exact) mass is 395 g/mol. The molecule has 4 rings (SSSR count). The number of amides is 2. The van der Waals surface area contributed by atoms with Gasteiger partial charge in [-0.05, 0) is 38.0 Å². The standard InChI is InChI=1S/C21H21N3O3S/c1-14-22-19(13-28-14)15-4-6-18(7-5-15)23-20(25)16-3-2-9-24(11-16)21(26)17-8-10-27-12-17/h4-8,10,12-13,16H,2-3,9,11H2,1H3,(H,23,25)/t16-/m0/s1. The molecule has 2 aromatic heterocycles. The molecule has 144 valence electrons. The SMILES string of the molecule is Cc1nc(-c2ccc(NC(=O)[C@H]3CCCN(C(=O)c4ccoc4)C3)cc2)cs1.